The van der Waals surface area contributed by atoms with Gasteiger partial charge in [0.05, 0.1) is 27.8 Å². The number of hydrogen-bond donors (Lipinski definition) is 0. The van der Waals surface area contributed by atoms with Gasteiger partial charge in [-0.3, -0.25) is 0 Å². The van der Waals surface area contributed by atoms with Gasteiger partial charge in [-0.25, -0.2) is 0 Å². The van der Waals surface area contributed by atoms with Gasteiger partial charge in [0.15, 0.2) is 0 Å². The van der Waals surface area contributed by atoms with Crippen LogP contribution in [0.25, 0.3) is 72.0 Å². The fourth-order valence-corrected chi connectivity index (χ4v) is 12.7. The van der Waals surface area contributed by atoms with Gasteiger partial charge >= 0.3 is 0 Å². The molecule has 0 N–H and O–H groups in total. The Labute approximate surface area is 398 Å². The van der Waals surface area contributed by atoms with Gasteiger partial charge in [-0.2, -0.15) is 0 Å². The normalized spacial score (nSPS) is 14.1. The fourth-order valence-electron chi connectivity index (χ4n) is 12.7. The first-order valence-electron chi connectivity index (χ1n) is 24.0. The second-order valence-corrected chi connectivity index (χ2v) is 19.8. The number of hydrogen-bond acceptors (Lipinski definition) is 1. The minimum Gasteiger partial charge on any atom is -0.310 e. The van der Waals surface area contributed by atoms with Gasteiger partial charge < -0.3 is 9.47 Å². The largest absolute Gasteiger partial charge is 0.310 e. The molecule has 3 aliphatic rings. The molecule has 2 nitrogen and oxygen atoms in total. The third kappa shape index (κ3) is 5.23. The van der Waals surface area contributed by atoms with Crippen LogP contribution in [-0.4, -0.2) is 4.57 Å². The maximum atomic E-state index is 2.56. The molecule has 0 bridgehead atoms. The summed E-state index contributed by atoms with van der Waals surface area (Å²) in [6.45, 7) is 9.19. The van der Waals surface area contributed by atoms with Crippen LogP contribution in [0, 0.1) is 13.8 Å². The molecule has 0 saturated carbocycles. The molecule has 1 aromatic heterocycles. The van der Waals surface area contributed by atoms with Gasteiger partial charge in [-0.05, 0) is 147 Å². The van der Waals surface area contributed by atoms with Crippen LogP contribution in [0.2, 0.25) is 0 Å². The standard InChI is InChI=1S/C66H48N2/c1-41-26-34-62-53(36-41)54-37-42(2)38-60-64(54)68(62)63-35-29-45(39-59(63)66(60)57-23-13-9-19-49(57)50-20-10-14-24-58(50)66)43-27-30-46(31-28-43)67(61-25-15-11-18-48(61)44-16-6-5-7-17-44)47-32-33-56-52(40-47)51-21-8-12-22-55(51)65(56,3)4/h5-40H,1-4H3. The molecule has 0 saturated heterocycles. The Balaban J connectivity index is 0.977. The number of aryl methyl sites for hydroxylation is 2. The molecule has 0 unspecified atom stereocenters. The third-order valence-corrected chi connectivity index (χ3v) is 15.7. The second-order valence-electron chi connectivity index (χ2n) is 19.8. The molecule has 2 aliphatic carbocycles. The predicted molar refractivity (Wildman–Crippen MR) is 284 cm³/mol. The molecule has 0 amide bonds. The molecule has 10 aromatic carbocycles. The maximum Gasteiger partial charge on any atom is 0.0754 e. The first kappa shape index (κ1) is 39.0. The summed E-state index contributed by atoms with van der Waals surface area (Å²) in [5, 5.41) is 2.63. The Bertz CT molecular complexity index is 3860. The van der Waals surface area contributed by atoms with E-state index in [4.69, 9.17) is 0 Å². The SMILES string of the molecule is Cc1ccc2c(c1)c1cc(C)cc3c1n2-c1ccc(-c2ccc(N(c4ccc5c(c4)-c4ccccc4C5(C)C)c4ccccc4-c4ccccc4)cc2)cc1C31c2ccccc2-c2ccccc21. The maximum absolute atomic E-state index is 2.56. The van der Waals surface area contributed by atoms with E-state index < -0.39 is 5.41 Å². The van der Waals surface area contributed by atoms with E-state index in [0.29, 0.717) is 0 Å². The fraction of sp³-hybridized carbons (Fsp3) is 0.0909. The number of aromatic nitrogens is 1. The van der Waals surface area contributed by atoms with Crippen molar-refractivity contribution in [2.24, 2.45) is 0 Å². The first-order valence-corrected chi connectivity index (χ1v) is 24.0. The van der Waals surface area contributed by atoms with E-state index in [-0.39, 0.29) is 5.41 Å². The summed E-state index contributed by atoms with van der Waals surface area (Å²) >= 11 is 0. The highest BCUT2D eigenvalue weighted by Crippen LogP contribution is 2.62. The summed E-state index contributed by atoms with van der Waals surface area (Å²) in [5.74, 6) is 0. The highest BCUT2D eigenvalue weighted by molar-refractivity contribution is 6.13. The van der Waals surface area contributed by atoms with Gasteiger partial charge in [0.25, 0.3) is 0 Å². The molecule has 14 rings (SSSR count). The van der Waals surface area contributed by atoms with Crippen molar-refractivity contribution < 1.29 is 0 Å². The van der Waals surface area contributed by atoms with Crippen molar-refractivity contribution in [2.45, 2.75) is 38.5 Å². The molecule has 2 heterocycles. The molecule has 0 atom stereocenters. The smallest absolute Gasteiger partial charge is 0.0754 e. The topological polar surface area (TPSA) is 8.17 Å². The number of anilines is 3. The van der Waals surface area contributed by atoms with E-state index >= 15 is 0 Å². The van der Waals surface area contributed by atoms with Crippen molar-refractivity contribution in [3.8, 4) is 50.2 Å². The third-order valence-electron chi connectivity index (χ3n) is 15.7. The number of rotatable bonds is 5. The minimum atomic E-state index is -0.513. The minimum absolute atomic E-state index is 0.0740. The molecule has 322 valence electrons. The lowest BCUT2D eigenvalue weighted by Gasteiger charge is -2.40. The number of benzene rings is 10. The molecule has 1 aliphatic heterocycles. The molecular formula is C66H48N2. The van der Waals surface area contributed by atoms with Crippen molar-refractivity contribution in [1.29, 1.82) is 0 Å². The number of nitrogens with zero attached hydrogens (tertiary/aromatic N) is 2. The van der Waals surface area contributed by atoms with Crippen LogP contribution in [-0.2, 0) is 10.8 Å². The molecule has 11 aromatic rings. The van der Waals surface area contributed by atoms with Crippen LogP contribution < -0.4 is 4.90 Å². The van der Waals surface area contributed by atoms with Gasteiger partial charge in [0.1, 0.15) is 0 Å². The Morgan fingerprint density at radius 2 is 0.956 bits per heavy atom. The zero-order valence-electron chi connectivity index (χ0n) is 38.7. The number of fused-ring (bicyclic) bond motifs is 15. The molecule has 68 heavy (non-hydrogen) atoms. The van der Waals surface area contributed by atoms with E-state index in [1.165, 1.54) is 117 Å². The summed E-state index contributed by atoms with van der Waals surface area (Å²) in [4.78, 5) is 2.46. The summed E-state index contributed by atoms with van der Waals surface area (Å²) in [6, 6.07) is 82.4. The Morgan fingerprint density at radius 1 is 0.368 bits per heavy atom. The zero-order chi connectivity index (χ0) is 45.5. The average Bonchev–Trinajstić information content (AvgIpc) is 3.94. The van der Waals surface area contributed by atoms with Crippen molar-refractivity contribution >= 4 is 38.9 Å². The van der Waals surface area contributed by atoms with Crippen LogP contribution in [0.15, 0.2) is 218 Å². The summed E-state index contributed by atoms with van der Waals surface area (Å²) in [6.07, 6.45) is 0. The van der Waals surface area contributed by atoms with E-state index in [1.54, 1.807) is 0 Å². The molecule has 2 heteroatoms. The van der Waals surface area contributed by atoms with Gasteiger partial charge in [0.2, 0.25) is 0 Å². The van der Waals surface area contributed by atoms with Crippen molar-refractivity contribution in [1.82, 2.24) is 4.57 Å². The lowest BCUT2D eigenvalue weighted by Crippen LogP contribution is -2.33. The van der Waals surface area contributed by atoms with Gasteiger partial charge in [-0.1, -0.05) is 183 Å². The highest BCUT2D eigenvalue weighted by atomic mass is 15.1. The lowest BCUT2D eigenvalue weighted by molar-refractivity contribution is 0.660. The van der Waals surface area contributed by atoms with Crippen LogP contribution in [0.1, 0.15) is 58.4 Å². The van der Waals surface area contributed by atoms with Crippen LogP contribution in [0.3, 0.4) is 0 Å². The Morgan fingerprint density at radius 3 is 1.69 bits per heavy atom. The van der Waals surface area contributed by atoms with E-state index in [9.17, 15) is 0 Å². The summed E-state index contributed by atoms with van der Waals surface area (Å²) in [5.41, 5.74) is 27.3. The van der Waals surface area contributed by atoms with Gasteiger partial charge in [0, 0.05) is 33.1 Å². The quantitative estimate of drug-likeness (QED) is 0.167. The zero-order valence-corrected chi connectivity index (χ0v) is 38.7. The Kier molecular flexibility index (Phi) is 8.12. The first-order chi connectivity index (χ1) is 33.3. The summed E-state index contributed by atoms with van der Waals surface area (Å²) < 4.78 is 2.56. The number of para-hydroxylation sites is 1. The van der Waals surface area contributed by atoms with E-state index in [0.717, 1.165) is 17.1 Å². The van der Waals surface area contributed by atoms with Gasteiger partial charge in [-0.15, -0.1) is 0 Å². The average molecular weight is 869 g/mol. The molecule has 1 spiro atoms. The molecule has 0 fully saturated rings. The van der Waals surface area contributed by atoms with Crippen molar-refractivity contribution in [3.05, 3.63) is 263 Å². The highest BCUT2D eigenvalue weighted by Gasteiger charge is 2.51. The monoisotopic (exact) mass is 868 g/mol. The van der Waals surface area contributed by atoms with Crippen LogP contribution >= 0.6 is 0 Å². The molecular weight excluding hydrogens is 821 g/mol. The predicted octanol–water partition coefficient (Wildman–Crippen LogP) is 17.2. The molecule has 0 radical (unpaired) electrons. The van der Waals surface area contributed by atoms with Crippen LogP contribution in [0.4, 0.5) is 17.1 Å². The Hall–Kier alpha value is -8.20. The van der Waals surface area contributed by atoms with Crippen LogP contribution in [0.5, 0.6) is 0 Å². The van der Waals surface area contributed by atoms with Crippen molar-refractivity contribution in [2.75, 3.05) is 4.90 Å². The summed E-state index contributed by atoms with van der Waals surface area (Å²) in [7, 11) is 0. The van der Waals surface area contributed by atoms with Crippen molar-refractivity contribution in [3.63, 3.8) is 0 Å². The lowest BCUT2D eigenvalue weighted by atomic mass is 9.65. The second kappa shape index (κ2) is 14.2. The van der Waals surface area contributed by atoms with E-state index in [1.807, 2.05) is 0 Å². The van der Waals surface area contributed by atoms with E-state index in [2.05, 4.69) is 256 Å².